The molecule has 3 aliphatic rings. The van der Waals surface area contributed by atoms with E-state index in [-0.39, 0.29) is 43.5 Å². The molecule has 0 spiro atoms. The quantitative estimate of drug-likeness (QED) is 0.171. The van der Waals surface area contributed by atoms with Crippen molar-refractivity contribution in [1.82, 2.24) is 15.1 Å². The molecule has 0 saturated carbocycles. The number of likely N-dealkylation sites (tertiary alicyclic amines) is 2. The van der Waals surface area contributed by atoms with Gasteiger partial charge in [-0.05, 0) is 80.6 Å². The van der Waals surface area contributed by atoms with Crippen LogP contribution in [0.15, 0.2) is 72.8 Å². The number of benzene rings is 3. The molecule has 0 aromatic heterocycles. The minimum atomic E-state index is -0.512. The maximum Gasteiger partial charge on any atom is 0.224 e. The lowest BCUT2D eigenvalue weighted by molar-refractivity contribution is -0.253. The van der Waals surface area contributed by atoms with E-state index in [0.29, 0.717) is 30.4 Å². The van der Waals surface area contributed by atoms with E-state index in [4.69, 9.17) is 15.2 Å². The molecular weight excluding hydrogens is 618 g/mol. The Labute approximate surface area is 289 Å². The molecule has 3 aromatic rings. The lowest BCUT2D eigenvalue weighted by atomic mass is 9.99. The lowest BCUT2D eigenvalue weighted by Gasteiger charge is -2.39. The van der Waals surface area contributed by atoms with Gasteiger partial charge in [0.25, 0.3) is 0 Å². The summed E-state index contributed by atoms with van der Waals surface area (Å²) in [5.74, 6) is -0.264. The predicted octanol–water partition coefficient (Wildman–Crippen LogP) is 5.29. The van der Waals surface area contributed by atoms with Crippen molar-refractivity contribution in [2.24, 2.45) is 0 Å². The van der Waals surface area contributed by atoms with Gasteiger partial charge in [-0.1, -0.05) is 60.7 Å². The second-order valence-corrected chi connectivity index (χ2v) is 13.7. The van der Waals surface area contributed by atoms with E-state index >= 15 is 0 Å². The third-order valence-electron chi connectivity index (χ3n) is 10.0. The fourth-order valence-electron chi connectivity index (χ4n) is 7.21. The van der Waals surface area contributed by atoms with Crippen molar-refractivity contribution in [2.45, 2.75) is 89.1 Å². The Balaban J connectivity index is 1.02. The van der Waals surface area contributed by atoms with Gasteiger partial charge in [0.1, 0.15) is 0 Å². The largest absolute Gasteiger partial charge is 0.397 e. The van der Waals surface area contributed by atoms with Gasteiger partial charge in [-0.15, -0.1) is 0 Å². The van der Waals surface area contributed by atoms with Crippen LogP contribution in [-0.4, -0.2) is 71.6 Å². The molecule has 5 N–H and O–H groups in total. The highest BCUT2D eigenvalue weighted by Crippen LogP contribution is 2.39. The summed E-state index contributed by atoms with van der Waals surface area (Å²) in [5.41, 5.74) is 10.9. The Hall–Kier alpha value is -3.80. The number of aliphatic hydroxyl groups excluding tert-OH is 1. The van der Waals surface area contributed by atoms with Crippen molar-refractivity contribution >= 4 is 23.2 Å². The van der Waals surface area contributed by atoms with E-state index in [1.165, 1.54) is 38.8 Å². The highest BCUT2D eigenvalue weighted by molar-refractivity contribution is 5.93. The fraction of sp³-hybridized carbons (Fsp3) is 0.487. The van der Waals surface area contributed by atoms with Gasteiger partial charge in [0, 0.05) is 50.5 Å². The molecule has 3 heterocycles. The van der Waals surface area contributed by atoms with Crippen molar-refractivity contribution in [3.8, 4) is 0 Å². The van der Waals surface area contributed by atoms with E-state index < -0.39 is 6.29 Å². The van der Waals surface area contributed by atoms with Crippen molar-refractivity contribution in [3.63, 3.8) is 0 Å². The molecule has 4 unspecified atom stereocenters. The average molecular weight is 670 g/mol. The Kier molecular flexibility index (Phi) is 12.3. The van der Waals surface area contributed by atoms with E-state index in [1.807, 2.05) is 48.5 Å². The number of nitrogens with two attached hydrogens (primary N) is 1. The normalized spacial score (nSPS) is 23.0. The SMILES string of the molecule is Nc1ccccc1NC(=O)CCCC(=O)NCc1ccc(C2OC(CN3CCCC3CN3CCCC3)CC(c3ccc(CO)cc3)O2)cc1. The topological polar surface area (TPSA) is 129 Å². The number of nitrogen functional groups attached to an aromatic ring is 1. The molecule has 10 heteroatoms. The van der Waals surface area contributed by atoms with E-state index in [0.717, 1.165) is 48.3 Å². The molecule has 3 fully saturated rings. The van der Waals surface area contributed by atoms with Crippen molar-refractivity contribution < 1.29 is 24.2 Å². The Morgan fingerprint density at radius 3 is 2.29 bits per heavy atom. The van der Waals surface area contributed by atoms with Crippen LogP contribution < -0.4 is 16.4 Å². The zero-order valence-corrected chi connectivity index (χ0v) is 28.4. The zero-order valence-electron chi connectivity index (χ0n) is 28.4. The standard InChI is InChI=1S/C39H51N5O5/c40-34-8-1-2-9-35(34)42-38(47)11-5-10-37(46)41-24-28-12-18-31(19-13-28)39-48-33(23-36(49-39)30-16-14-29(27-45)15-17-30)26-44-22-6-7-32(44)25-43-20-3-4-21-43/h1-2,8-9,12-19,32-33,36,39,45H,3-7,10-11,20-27,40H2,(H,41,46)(H,42,47). The van der Waals surface area contributed by atoms with Gasteiger partial charge in [0.15, 0.2) is 6.29 Å². The molecule has 2 amide bonds. The van der Waals surface area contributed by atoms with Gasteiger partial charge >= 0.3 is 0 Å². The van der Waals surface area contributed by atoms with Crippen LogP contribution in [0.5, 0.6) is 0 Å². The number of ether oxygens (including phenoxy) is 2. The molecule has 4 atom stereocenters. The molecule has 3 aromatic carbocycles. The smallest absolute Gasteiger partial charge is 0.224 e. The maximum atomic E-state index is 12.5. The molecule has 10 nitrogen and oxygen atoms in total. The number of para-hydroxylation sites is 2. The summed E-state index contributed by atoms with van der Waals surface area (Å²) in [6.07, 6.45) is 6.20. The molecule has 49 heavy (non-hydrogen) atoms. The predicted molar refractivity (Wildman–Crippen MR) is 190 cm³/mol. The summed E-state index contributed by atoms with van der Waals surface area (Å²) in [6.45, 7) is 5.99. The summed E-state index contributed by atoms with van der Waals surface area (Å²) < 4.78 is 13.3. The fourth-order valence-corrected chi connectivity index (χ4v) is 7.21. The van der Waals surface area contributed by atoms with Crippen LogP contribution in [0.1, 0.15) is 86.0 Å². The average Bonchev–Trinajstić information content (AvgIpc) is 3.81. The van der Waals surface area contributed by atoms with Crippen LogP contribution >= 0.6 is 0 Å². The summed E-state index contributed by atoms with van der Waals surface area (Å²) >= 11 is 0. The number of hydrogen-bond acceptors (Lipinski definition) is 8. The first-order chi connectivity index (χ1) is 23.9. The summed E-state index contributed by atoms with van der Waals surface area (Å²) in [5, 5.41) is 15.3. The number of nitrogens with one attached hydrogen (secondary N) is 2. The van der Waals surface area contributed by atoms with E-state index in [9.17, 15) is 14.7 Å². The third-order valence-corrected chi connectivity index (χ3v) is 10.0. The first kappa shape index (κ1) is 35.0. The Morgan fingerprint density at radius 2 is 1.53 bits per heavy atom. The third kappa shape index (κ3) is 9.89. The lowest BCUT2D eigenvalue weighted by Crippen LogP contribution is -2.45. The van der Waals surface area contributed by atoms with Crippen LogP contribution in [0.2, 0.25) is 0 Å². The summed E-state index contributed by atoms with van der Waals surface area (Å²) in [6, 6.07) is 23.8. The molecule has 3 saturated heterocycles. The number of carbonyl (C=O) groups is 2. The number of amides is 2. The van der Waals surface area contributed by atoms with Crippen molar-refractivity contribution in [3.05, 3.63) is 95.1 Å². The van der Waals surface area contributed by atoms with Crippen molar-refractivity contribution in [1.29, 1.82) is 0 Å². The number of hydrogen-bond donors (Lipinski definition) is 4. The van der Waals surface area contributed by atoms with Crippen LogP contribution in [-0.2, 0) is 32.2 Å². The van der Waals surface area contributed by atoms with Gasteiger partial charge in [0.05, 0.1) is 30.2 Å². The highest BCUT2D eigenvalue weighted by atomic mass is 16.7. The Bertz CT molecular complexity index is 1510. The van der Waals surface area contributed by atoms with Crippen LogP contribution in [0.3, 0.4) is 0 Å². The minimum absolute atomic E-state index is 0.0160. The second-order valence-electron chi connectivity index (χ2n) is 13.7. The number of rotatable bonds is 14. The molecule has 3 aliphatic heterocycles. The van der Waals surface area contributed by atoms with Gasteiger partial charge in [-0.25, -0.2) is 0 Å². The number of aliphatic hydroxyl groups is 1. The minimum Gasteiger partial charge on any atom is -0.397 e. The molecule has 0 radical (unpaired) electrons. The summed E-state index contributed by atoms with van der Waals surface area (Å²) in [7, 11) is 0. The van der Waals surface area contributed by atoms with Gasteiger partial charge in [0.2, 0.25) is 11.8 Å². The first-order valence-electron chi connectivity index (χ1n) is 17.9. The molecule has 0 aliphatic carbocycles. The number of carbonyl (C=O) groups excluding carboxylic acids is 2. The molecule has 0 bridgehead atoms. The first-order valence-corrected chi connectivity index (χ1v) is 17.9. The van der Waals surface area contributed by atoms with Crippen LogP contribution in [0.4, 0.5) is 11.4 Å². The van der Waals surface area contributed by atoms with Gasteiger partial charge in [-0.2, -0.15) is 0 Å². The van der Waals surface area contributed by atoms with E-state index in [2.05, 4.69) is 32.6 Å². The van der Waals surface area contributed by atoms with Gasteiger partial charge < -0.3 is 35.8 Å². The molecule has 262 valence electrons. The maximum absolute atomic E-state index is 12.5. The zero-order chi connectivity index (χ0) is 34.0. The number of anilines is 2. The van der Waals surface area contributed by atoms with Gasteiger partial charge in [-0.3, -0.25) is 14.5 Å². The van der Waals surface area contributed by atoms with Crippen LogP contribution in [0.25, 0.3) is 0 Å². The van der Waals surface area contributed by atoms with E-state index in [1.54, 1.807) is 12.1 Å². The van der Waals surface area contributed by atoms with Crippen LogP contribution in [0, 0.1) is 0 Å². The highest BCUT2D eigenvalue weighted by Gasteiger charge is 2.36. The summed E-state index contributed by atoms with van der Waals surface area (Å²) in [4.78, 5) is 30.0. The second kappa shape index (κ2) is 17.2. The number of nitrogens with zero attached hydrogens (tertiary/aromatic N) is 2. The Morgan fingerprint density at radius 1 is 0.816 bits per heavy atom. The molecular formula is C39H51N5O5. The molecule has 6 rings (SSSR count). The van der Waals surface area contributed by atoms with Crippen molar-refractivity contribution in [2.75, 3.05) is 43.8 Å². The monoisotopic (exact) mass is 669 g/mol.